The summed E-state index contributed by atoms with van der Waals surface area (Å²) in [6, 6.07) is 0.158. The topological polar surface area (TPSA) is 55.0 Å². The second-order valence-corrected chi connectivity index (χ2v) is 5.27. The molecule has 0 aliphatic heterocycles. The molecule has 19 heavy (non-hydrogen) atoms. The molecule has 108 valence electrons. The Morgan fingerprint density at radius 2 is 1.63 bits per heavy atom. The molecule has 0 saturated heterocycles. The van der Waals surface area contributed by atoms with Crippen LogP contribution in [-0.2, 0) is 6.42 Å². The number of nitrogens with zero attached hydrogens (tertiary/aromatic N) is 3. The molecular formula is C15H28N4. The highest BCUT2D eigenvalue weighted by Gasteiger charge is 2.08. The Balaban J connectivity index is 2.66. The smallest absolute Gasteiger partial charge is 0.225 e. The Labute approximate surface area is 117 Å². The van der Waals surface area contributed by atoms with E-state index in [0.29, 0.717) is 0 Å². The van der Waals surface area contributed by atoms with E-state index < -0.39 is 0 Å². The summed E-state index contributed by atoms with van der Waals surface area (Å²) in [4.78, 5) is 11.3. The van der Waals surface area contributed by atoms with Crippen molar-refractivity contribution in [2.24, 2.45) is 5.73 Å². The minimum absolute atomic E-state index is 0.158. The van der Waals surface area contributed by atoms with E-state index in [1.54, 1.807) is 0 Å². The maximum Gasteiger partial charge on any atom is 0.225 e. The van der Waals surface area contributed by atoms with Gasteiger partial charge in [0, 0.05) is 31.5 Å². The minimum Gasteiger partial charge on any atom is -0.341 e. The van der Waals surface area contributed by atoms with Gasteiger partial charge in [-0.05, 0) is 31.7 Å². The zero-order chi connectivity index (χ0) is 14.1. The molecule has 1 atom stereocenters. The van der Waals surface area contributed by atoms with Gasteiger partial charge in [0.2, 0.25) is 5.95 Å². The van der Waals surface area contributed by atoms with Crippen LogP contribution >= 0.6 is 0 Å². The van der Waals surface area contributed by atoms with Gasteiger partial charge in [-0.25, -0.2) is 9.97 Å². The van der Waals surface area contributed by atoms with Gasteiger partial charge in [-0.1, -0.05) is 26.7 Å². The quantitative estimate of drug-likeness (QED) is 0.745. The fourth-order valence-electron chi connectivity index (χ4n) is 2.00. The Morgan fingerprint density at radius 1 is 1.11 bits per heavy atom. The highest BCUT2D eigenvalue weighted by molar-refractivity contribution is 5.29. The van der Waals surface area contributed by atoms with E-state index in [-0.39, 0.29) is 6.04 Å². The second kappa shape index (κ2) is 8.86. The summed E-state index contributed by atoms with van der Waals surface area (Å²) in [5.41, 5.74) is 6.90. The van der Waals surface area contributed by atoms with E-state index in [1.165, 1.54) is 25.7 Å². The zero-order valence-electron chi connectivity index (χ0n) is 12.6. The minimum atomic E-state index is 0.158. The lowest BCUT2D eigenvalue weighted by atomic mass is 10.1. The highest BCUT2D eigenvalue weighted by atomic mass is 15.2. The van der Waals surface area contributed by atoms with Crippen LogP contribution in [0.3, 0.4) is 0 Å². The molecule has 2 N–H and O–H groups in total. The maximum absolute atomic E-state index is 5.79. The summed E-state index contributed by atoms with van der Waals surface area (Å²) < 4.78 is 0. The first-order chi connectivity index (χ1) is 9.17. The molecule has 1 unspecified atom stereocenters. The molecule has 1 heterocycles. The van der Waals surface area contributed by atoms with Crippen molar-refractivity contribution in [2.45, 2.75) is 58.9 Å². The summed E-state index contributed by atoms with van der Waals surface area (Å²) in [7, 11) is 0. The lowest BCUT2D eigenvalue weighted by Gasteiger charge is -2.22. The van der Waals surface area contributed by atoms with E-state index >= 15 is 0 Å². The second-order valence-electron chi connectivity index (χ2n) is 5.27. The predicted octanol–water partition coefficient (Wildman–Crippen LogP) is 2.77. The number of hydrogen-bond donors (Lipinski definition) is 1. The van der Waals surface area contributed by atoms with Gasteiger partial charge in [0.05, 0.1) is 0 Å². The van der Waals surface area contributed by atoms with E-state index in [2.05, 4.69) is 28.7 Å². The number of rotatable bonds is 9. The third kappa shape index (κ3) is 6.01. The lowest BCUT2D eigenvalue weighted by Crippen LogP contribution is -2.27. The van der Waals surface area contributed by atoms with Crippen molar-refractivity contribution in [2.75, 3.05) is 18.0 Å². The molecule has 1 aromatic heterocycles. The van der Waals surface area contributed by atoms with Crippen molar-refractivity contribution >= 4 is 5.95 Å². The Morgan fingerprint density at radius 3 is 2.05 bits per heavy atom. The van der Waals surface area contributed by atoms with Crippen molar-refractivity contribution in [3.63, 3.8) is 0 Å². The zero-order valence-corrected chi connectivity index (χ0v) is 12.6. The Bertz CT molecular complexity index is 327. The van der Waals surface area contributed by atoms with Crippen LogP contribution in [0.25, 0.3) is 0 Å². The van der Waals surface area contributed by atoms with Crippen LogP contribution < -0.4 is 10.6 Å². The molecule has 1 rings (SSSR count). The number of aromatic nitrogens is 2. The number of unbranched alkanes of at least 4 members (excludes halogenated alkanes) is 2. The molecule has 4 heteroatoms. The molecule has 0 aromatic carbocycles. The lowest BCUT2D eigenvalue weighted by molar-refractivity contribution is 0.660. The van der Waals surface area contributed by atoms with E-state index in [9.17, 15) is 0 Å². The summed E-state index contributed by atoms with van der Waals surface area (Å²) in [6.45, 7) is 8.52. The first-order valence-electron chi connectivity index (χ1n) is 7.48. The van der Waals surface area contributed by atoms with Gasteiger partial charge in [-0.3, -0.25) is 0 Å². The van der Waals surface area contributed by atoms with Crippen LogP contribution in [0.1, 0.15) is 52.0 Å². The summed E-state index contributed by atoms with van der Waals surface area (Å²) >= 11 is 0. The summed E-state index contributed by atoms with van der Waals surface area (Å²) in [5, 5.41) is 0. The van der Waals surface area contributed by atoms with Crippen LogP contribution in [0, 0.1) is 0 Å². The normalized spacial score (nSPS) is 12.4. The predicted molar refractivity (Wildman–Crippen MR) is 81.4 cm³/mol. The monoisotopic (exact) mass is 264 g/mol. The van der Waals surface area contributed by atoms with Crippen LogP contribution in [0.4, 0.5) is 5.95 Å². The van der Waals surface area contributed by atoms with Crippen molar-refractivity contribution in [1.29, 1.82) is 0 Å². The molecule has 4 nitrogen and oxygen atoms in total. The molecule has 0 fully saturated rings. The average Bonchev–Trinajstić information content (AvgIpc) is 2.39. The molecular weight excluding hydrogens is 236 g/mol. The van der Waals surface area contributed by atoms with Crippen LogP contribution in [0.2, 0.25) is 0 Å². The number of anilines is 1. The standard InChI is InChI=1S/C15H28N4/c1-4-6-8-19(9-7-5-2)15-17-11-14(12-18-15)10-13(3)16/h11-13H,4-10,16H2,1-3H3. The molecule has 0 spiro atoms. The molecule has 0 aliphatic carbocycles. The van der Waals surface area contributed by atoms with Crippen LogP contribution in [0.15, 0.2) is 12.4 Å². The number of hydrogen-bond acceptors (Lipinski definition) is 4. The van der Waals surface area contributed by atoms with E-state index in [0.717, 1.165) is 31.0 Å². The molecule has 0 radical (unpaired) electrons. The van der Waals surface area contributed by atoms with Gasteiger partial charge < -0.3 is 10.6 Å². The van der Waals surface area contributed by atoms with Crippen molar-refractivity contribution in [3.8, 4) is 0 Å². The van der Waals surface area contributed by atoms with Gasteiger partial charge in [-0.2, -0.15) is 0 Å². The average molecular weight is 264 g/mol. The fourth-order valence-corrected chi connectivity index (χ4v) is 2.00. The van der Waals surface area contributed by atoms with Crippen LogP contribution in [-0.4, -0.2) is 29.1 Å². The van der Waals surface area contributed by atoms with E-state index in [1.807, 2.05) is 19.3 Å². The van der Waals surface area contributed by atoms with Gasteiger partial charge in [-0.15, -0.1) is 0 Å². The van der Waals surface area contributed by atoms with Crippen molar-refractivity contribution in [1.82, 2.24) is 9.97 Å². The molecule has 0 saturated carbocycles. The fraction of sp³-hybridized carbons (Fsp3) is 0.733. The highest BCUT2D eigenvalue weighted by Crippen LogP contribution is 2.10. The maximum atomic E-state index is 5.79. The Hall–Kier alpha value is -1.16. The largest absolute Gasteiger partial charge is 0.341 e. The van der Waals surface area contributed by atoms with E-state index in [4.69, 9.17) is 5.73 Å². The Kier molecular flexibility index (Phi) is 7.41. The first-order valence-corrected chi connectivity index (χ1v) is 7.48. The third-order valence-corrected chi connectivity index (χ3v) is 3.10. The van der Waals surface area contributed by atoms with Crippen LogP contribution in [0.5, 0.6) is 0 Å². The SMILES string of the molecule is CCCCN(CCCC)c1ncc(CC(C)N)cn1. The van der Waals surface area contributed by atoms with Crippen molar-refractivity contribution in [3.05, 3.63) is 18.0 Å². The van der Waals surface area contributed by atoms with Crippen molar-refractivity contribution < 1.29 is 0 Å². The van der Waals surface area contributed by atoms with Gasteiger partial charge in [0.25, 0.3) is 0 Å². The molecule has 0 amide bonds. The van der Waals surface area contributed by atoms with Gasteiger partial charge >= 0.3 is 0 Å². The number of nitrogens with two attached hydrogens (primary N) is 1. The molecule has 0 aliphatic rings. The first kappa shape index (κ1) is 15.9. The summed E-state index contributed by atoms with van der Waals surface area (Å²) in [5.74, 6) is 0.857. The van der Waals surface area contributed by atoms with Gasteiger partial charge in [0.15, 0.2) is 0 Å². The summed E-state index contributed by atoms with van der Waals surface area (Å²) in [6.07, 6.45) is 9.44. The van der Waals surface area contributed by atoms with Gasteiger partial charge in [0.1, 0.15) is 0 Å². The molecule has 0 bridgehead atoms. The third-order valence-electron chi connectivity index (χ3n) is 3.10. The molecule has 1 aromatic rings.